The second kappa shape index (κ2) is 6.09. The second-order valence-corrected chi connectivity index (χ2v) is 5.30. The van der Waals surface area contributed by atoms with Gasteiger partial charge < -0.3 is 4.42 Å². The Balaban J connectivity index is 1.67. The number of H-pyrrole nitrogens is 1. The summed E-state index contributed by atoms with van der Waals surface area (Å²) >= 11 is 1.47. The first-order valence-electron chi connectivity index (χ1n) is 6.49. The van der Waals surface area contributed by atoms with Gasteiger partial charge >= 0.3 is 0 Å². The van der Waals surface area contributed by atoms with E-state index in [9.17, 15) is 4.39 Å². The van der Waals surface area contributed by atoms with Crippen LogP contribution in [0.15, 0.2) is 40.1 Å². The smallest absolute Gasteiger partial charge is 0.226 e. The van der Waals surface area contributed by atoms with Crippen LogP contribution in [0.5, 0.6) is 0 Å². The molecule has 1 N–H and O–H groups in total. The van der Waals surface area contributed by atoms with Gasteiger partial charge in [0, 0.05) is 17.7 Å². The van der Waals surface area contributed by atoms with Gasteiger partial charge in [0.05, 0.1) is 5.69 Å². The highest BCUT2D eigenvalue weighted by Gasteiger charge is 2.09. The maximum atomic E-state index is 13.2. The number of oxazole rings is 1. The van der Waals surface area contributed by atoms with Crippen molar-refractivity contribution in [3.8, 4) is 11.5 Å². The predicted molar refractivity (Wildman–Crippen MR) is 77.2 cm³/mol. The van der Waals surface area contributed by atoms with Crippen molar-refractivity contribution >= 4 is 11.8 Å². The van der Waals surface area contributed by atoms with Crippen molar-refractivity contribution in [1.82, 2.24) is 20.2 Å². The molecule has 2 heterocycles. The number of aryl methyl sites for hydroxylation is 1. The minimum absolute atomic E-state index is 0.311. The molecule has 0 radical (unpaired) electrons. The molecule has 0 bridgehead atoms. The van der Waals surface area contributed by atoms with Crippen LogP contribution in [0.4, 0.5) is 4.39 Å². The minimum Gasteiger partial charge on any atom is -0.444 e. The van der Waals surface area contributed by atoms with Gasteiger partial charge in [-0.25, -0.2) is 14.4 Å². The van der Waals surface area contributed by atoms with Crippen LogP contribution in [0.2, 0.25) is 0 Å². The van der Waals surface area contributed by atoms with E-state index < -0.39 is 0 Å². The highest BCUT2D eigenvalue weighted by Crippen LogP contribution is 2.23. The lowest BCUT2D eigenvalue weighted by atomic mass is 10.2. The average Bonchev–Trinajstić information content (AvgIpc) is 3.14. The van der Waals surface area contributed by atoms with Gasteiger partial charge in [-0.2, -0.15) is 0 Å². The van der Waals surface area contributed by atoms with Gasteiger partial charge in [-0.3, -0.25) is 5.10 Å². The third kappa shape index (κ3) is 3.30. The van der Waals surface area contributed by atoms with Gasteiger partial charge in [-0.1, -0.05) is 24.8 Å². The second-order valence-electron chi connectivity index (χ2n) is 4.36. The standard InChI is InChI=1S/C14H13FN4OS/c1-2-12-17-14(19-18-12)21-8-11-7-20-13(16-11)9-4-3-5-10(15)6-9/h3-7H,2,8H2,1H3,(H,17,18,19). The normalized spacial score (nSPS) is 11.0. The summed E-state index contributed by atoms with van der Waals surface area (Å²) in [4.78, 5) is 8.65. The fraction of sp³-hybridized carbons (Fsp3) is 0.214. The van der Waals surface area contributed by atoms with Crippen molar-refractivity contribution in [3.05, 3.63) is 47.9 Å². The Morgan fingerprint density at radius 3 is 3.00 bits per heavy atom. The van der Waals surface area contributed by atoms with E-state index in [2.05, 4.69) is 20.2 Å². The molecule has 7 heteroatoms. The molecule has 0 atom stereocenters. The first-order valence-corrected chi connectivity index (χ1v) is 7.47. The number of hydrogen-bond acceptors (Lipinski definition) is 5. The average molecular weight is 304 g/mol. The Morgan fingerprint density at radius 2 is 2.24 bits per heavy atom. The topological polar surface area (TPSA) is 67.6 Å². The Labute approximate surface area is 125 Å². The zero-order valence-electron chi connectivity index (χ0n) is 11.3. The summed E-state index contributed by atoms with van der Waals surface area (Å²) < 4.78 is 18.6. The summed E-state index contributed by atoms with van der Waals surface area (Å²) in [6.45, 7) is 2.01. The van der Waals surface area contributed by atoms with Gasteiger partial charge in [0.2, 0.25) is 11.0 Å². The van der Waals surface area contributed by atoms with E-state index in [0.29, 0.717) is 22.4 Å². The molecular weight excluding hydrogens is 291 g/mol. The molecule has 21 heavy (non-hydrogen) atoms. The molecule has 0 aliphatic carbocycles. The molecule has 0 saturated carbocycles. The SMILES string of the molecule is CCc1nc(SCc2coc(-c3cccc(F)c3)n2)n[nH]1. The van der Waals surface area contributed by atoms with Crippen LogP contribution in [0.1, 0.15) is 18.4 Å². The summed E-state index contributed by atoms with van der Waals surface area (Å²) in [5.74, 6) is 1.56. The third-order valence-electron chi connectivity index (χ3n) is 2.82. The number of rotatable bonds is 5. The van der Waals surface area contributed by atoms with Crippen LogP contribution in [0.25, 0.3) is 11.5 Å². The molecule has 3 aromatic rings. The Morgan fingerprint density at radius 1 is 1.33 bits per heavy atom. The van der Waals surface area contributed by atoms with Gasteiger partial charge in [-0.15, -0.1) is 5.10 Å². The molecule has 0 unspecified atom stereocenters. The third-order valence-corrected chi connectivity index (χ3v) is 3.70. The number of halogens is 1. The van der Waals surface area contributed by atoms with E-state index in [0.717, 1.165) is 17.9 Å². The van der Waals surface area contributed by atoms with Crippen molar-refractivity contribution in [2.45, 2.75) is 24.3 Å². The molecule has 1 aromatic carbocycles. The van der Waals surface area contributed by atoms with Crippen molar-refractivity contribution < 1.29 is 8.81 Å². The number of benzene rings is 1. The summed E-state index contributed by atoms with van der Waals surface area (Å²) in [6.07, 6.45) is 2.39. The van der Waals surface area contributed by atoms with E-state index in [-0.39, 0.29) is 5.82 Å². The van der Waals surface area contributed by atoms with Crippen molar-refractivity contribution in [1.29, 1.82) is 0 Å². The quantitative estimate of drug-likeness (QED) is 0.731. The first kappa shape index (κ1) is 13.8. The number of nitrogens with one attached hydrogen (secondary N) is 1. The lowest BCUT2D eigenvalue weighted by Crippen LogP contribution is -1.84. The van der Waals surface area contributed by atoms with E-state index in [1.807, 2.05) is 6.92 Å². The lowest BCUT2D eigenvalue weighted by Gasteiger charge is -1.94. The summed E-state index contributed by atoms with van der Waals surface area (Å²) in [5.41, 5.74) is 1.39. The Bertz CT molecular complexity index is 740. The fourth-order valence-electron chi connectivity index (χ4n) is 1.77. The van der Waals surface area contributed by atoms with E-state index in [1.165, 1.54) is 23.9 Å². The molecule has 0 fully saturated rings. The van der Waals surface area contributed by atoms with Gasteiger partial charge in [0.15, 0.2) is 0 Å². The molecule has 0 amide bonds. The number of thioether (sulfide) groups is 1. The molecule has 0 aliphatic rings. The largest absolute Gasteiger partial charge is 0.444 e. The Hall–Kier alpha value is -2.15. The van der Waals surface area contributed by atoms with E-state index in [4.69, 9.17) is 4.42 Å². The maximum absolute atomic E-state index is 13.2. The van der Waals surface area contributed by atoms with Crippen LogP contribution < -0.4 is 0 Å². The summed E-state index contributed by atoms with van der Waals surface area (Å²) in [7, 11) is 0. The molecular formula is C14H13FN4OS. The summed E-state index contributed by atoms with van der Waals surface area (Å²) in [5, 5.41) is 7.64. The van der Waals surface area contributed by atoms with Crippen LogP contribution in [-0.2, 0) is 12.2 Å². The van der Waals surface area contributed by atoms with Crippen molar-refractivity contribution in [2.75, 3.05) is 0 Å². The highest BCUT2D eigenvalue weighted by atomic mass is 32.2. The monoisotopic (exact) mass is 304 g/mol. The van der Waals surface area contributed by atoms with Gasteiger partial charge in [0.25, 0.3) is 0 Å². The van der Waals surface area contributed by atoms with Crippen LogP contribution in [-0.4, -0.2) is 20.2 Å². The van der Waals surface area contributed by atoms with Gasteiger partial charge in [-0.05, 0) is 18.2 Å². The lowest BCUT2D eigenvalue weighted by molar-refractivity contribution is 0.571. The fourth-order valence-corrected chi connectivity index (χ4v) is 2.46. The molecule has 0 aliphatic heterocycles. The molecule has 3 rings (SSSR count). The molecule has 5 nitrogen and oxygen atoms in total. The minimum atomic E-state index is -0.311. The molecule has 2 aromatic heterocycles. The Kier molecular flexibility index (Phi) is 4.01. The van der Waals surface area contributed by atoms with Crippen molar-refractivity contribution in [3.63, 3.8) is 0 Å². The van der Waals surface area contributed by atoms with Crippen molar-refractivity contribution in [2.24, 2.45) is 0 Å². The van der Waals surface area contributed by atoms with Gasteiger partial charge in [0.1, 0.15) is 17.9 Å². The van der Waals surface area contributed by atoms with Crippen LogP contribution >= 0.6 is 11.8 Å². The summed E-state index contributed by atoms with van der Waals surface area (Å²) in [6, 6.07) is 6.17. The number of aromatic amines is 1. The molecule has 0 saturated heterocycles. The maximum Gasteiger partial charge on any atom is 0.226 e. The van der Waals surface area contributed by atoms with E-state index in [1.54, 1.807) is 18.4 Å². The number of aromatic nitrogens is 4. The molecule has 108 valence electrons. The predicted octanol–water partition coefficient (Wildman–Crippen LogP) is 3.45. The zero-order chi connectivity index (χ0) is 14.7. The highest BCUT2D eigenvalue weighted by molar-refractivity contribution is 7.98. The number of hydrogen-bond donors (Lipinski definition) is 1. The van der Waals surface area contributed by atoms with Crippen LogP contribution in [0.3, 0.4) is 0 Å². The van der Waals surface area contributed by atoms with E-state index >= 15 is 0 Å². The van der Waals surface area contributed by atoms with Crippen LogP contribution in [0, 0.1) is 5.82 Å². The zero-order valence-corrected chi connectivity index (χ0v) is 12.2. The number of nitrogens with zero attached hydrogens (tertiary/aromatic N) is 3. The first-order chi connectivity index (χ1) is 10.2. The molecule has 0 spiro atoms.